The second kappa shape index (κ2) is 2.89. The van der Waals surface area contributed by atoms with Gasteiger partial charge < -0.3 is 5.11 Å². The van der Waals surface area contributed by atoms with Crippen molar-refractivity contribution < 1.29 is 5.11 Å². The largest absolute Gasteiger partial charge is 0.378 e. The van der Waals surface area contributed by atoms with Crippen molar-refractivity contribution in [3.05, 3.63) is 0 Å². The molecule has 3 atom stereocenters. The van der Waals surface area contributed by atoms with E-state index in [0.717, 1.165) is 6.42 Å². The lowest BCUT2D eigenvalue weighted by Gasteiger charge is -2.37. The van der Waals surface area contributed by atoms with Crippen molar-refractivity contribution in [3.63, 3.8) is 0 Å². The molecule has 0 unspecified atom stereocenters. The predicted molar refractivity (Wildman–Crippen MR) is 41.6 cm³/mol. The van der Waals surface area contributed by atoms with Crippen LogP contribution in [0.5, 0.6) is 0 Å². The zero-order valence-corrected chi connectivity index (χ0v) is 7.04. The first kappa shape index (κ1) is 8.02. The van der Waals surface area contributed by atoms with Crippen LogP contribution in [0.3, 0.4) is 0 Å². The second-order valence-electron chi connectivity index (χ2n) is 3.57. The summed E-state index contributed by atoms with van der Waals surface area (Å²) in [5, 5.41) is 9.44. The highest BCUT2D eigenvalue weighted by Gasteiger charge is 2.26. The Hall–Kier alpha value is -0.0800. The van der Waals surface area contributed by atoms with Crippen LogP contribution >= 0.6 is 0 Å². The van der Waals surface area contributed by atoms with Crippen LogP contribution in [-0.4, -0.2) is 29.3 Å². The van der Waals surface area contributed by atoms with Gasteiger partial charge in [-0.05, 0) is 32.7 Å². The first-order valence-electron chi connectivity index (χ1n) is 4.01. The van der Waals surface area contributed by atoms with Crippen molar-refractivity contribution in [2.24, 2.45) is 5.92 Å². The van der Waals surface area contributed by atoms with E-state index < -0.39 is 0 Å². The van der Waals surface area contributed by atoms with Gasteiger partial charge in [-0.1, -0.05) is 6.92 Å². The van der Waals surface area contributed by atoms with Gasteiger partial charge in [-0.15, -0.1) is 0 Å². The molecule has 1 rings (SSSR count). The van der Waals surface area contributed by atoms with Crippen LogP contribution in [0, 0.1) is 5.92 Å². The number of aliphatic hydroxyl groups excluding tert-OH is 1. The smallest absolute Gasteiger partial charge is 0.107 e. The predicted octanol–water partition coefficient (Wildman–Crippen LogP) is 1.05. The molecular weight excluding hydrogens is 126 g/mol. The molecule has 0 amide bonds. The summed E-state index contributed by atoms with van der Waals surface area (Å²) in [4.78, 5) is 2.04. The Kier molecular flexibility index (Phi) is 2.32. The maximum atomic E-state index is 9.44. The van der Waals surface area contributed by atoms with Gasteiger partial charge in [-0.3, -0.25) is 4.90 Å². The van der Waals surface area contributed by atoms with Gasteiger partial charge in [0.1, 0.15) is 6.23 Å². The van der Waals surface area contributed by atoms with E-state index in [4.69, 9.17) is 0 Å². The zero-order valence-electron chi connectivity index (χ0n) is 7.04. The SMILES string of the molecule is C[C@H]1C[C@@H](O)N(C)[C@@H](C)C1. The molecule has 1 aliphatic heterocycles. The van der Waals surface area contributed by atoms with Crippen molar-refractivity contribution in [2.45, 2.75) is 39.0 Å². The summed E-state index contributed by atoms with van der Waals surface area (Å²) in [6.07, 6.45) is 1.94. The molecule has 1 heterocycles. The standard InChI is InChI=1S/C8H17NO/c1-6-4-7(2)9(3)8(10)5-6/h6-8,10H,4-5H2,1-3H3/t6-,7+,8-/m1/s1. The first-order valence-corrected chi connectivity index (χ1v) is 4.01. The summed E-state index contributed by atoms with van der Waals surface area (Å²) in [6.45, 7) is 4.37. The minimum atomic E-state index is -0.209. The summed E-state index contributed by atoms with van der Waals surface area (Å²) in [6, 6.07) is 0.541. The molecule has 0 aliphatic carbocycles. The average molecular weight is 143 g/mol. The number of aliphatic hydroxyl groups is 1. The van der Waals surface area contributed by atoms with Gasteiger partial charge in [0.25, 0.3) is 0 Å². The molecule has 0 saturated carbocycles. The maximum absolute atomic E-state index is 9.44. The highest BCUT2D eigenvalue weighted by Crippen LogP contribution is 2.24. The molecule has 0 aromatic carbocycles. The monoisotopic (exact) mass is 143 g/mol. The summed E-state index contributed by atoms with van der Waals surface area (Å²) in [5.74, 6) is 0.682. The normalized spacial score (nSPS) is 43.8. The minimum Gasteiger partial charge on any atom is -0.378 e. The van der Waals surface area contributed by atoms with Gasteiger partial charge in [0, 0.05) is 6.04 Å². The Labute approximate surface area is 62.8 Å². The highest BCUT2D eigenvalue weighted by atomic mass is 16.3. The summed E-state index contributed by atoms with van der Waals surface area (Å²) in [5.41, 5.74) is 0. The van der Waals surface area contributed by atoms with E-state index in [9.17, 15) is 5.11 Å². The Morgan fingerprint density at radius 2 is 1.90 bits per heavy atom. The highest BCUT2D eigenvalue weighted by molar-refractivity contribution is 4.76. The van der Waals surface area contributed by atoms with Crippen molar-refractivity contribution in [2.75, 3.05) is 7.05 Å². The van der Waals surface area contributed by atoms with E-state index in [-0.39, 0.29) is 6.23 Å². The van der Waals surface area contributed by atoms with Crippen LogP contribution in [-0.2, 0) is 0 Å². The Bertz CT molecular complexity index is 104. The van der Waals surface area contributed by atoms with Crippen molar-refractivity contribution in [3.8, 4) is 0 Å². The number of rotatable bonds is 0. The van der Waals surface area contributed by atoms with Crippen LogP contribution in [0.2, 0.25) is 0 Å². The third kappa shape index (κ3) is 1.50. The number of likely N-dealkylation sites (tertiary alicyclic amines) is 1. The van der Waals surface area contributed by atoms with Crippen molar-refractivity contribution in [1.82, 2.24) is 4.90 Å². The lowest BCUT2D eigenvalue weighted by Crippen LogP contribution is -2.44. The van der Waals surface area contributed by atoms with Gasteiger partial charge in [-0.2, -0.15) is 0 Å². The molecule has 2 heteroatoms. The van der Waals surface area contributed by atoms with Gasteiger partial charge in [-0.25, -0.2) is 0 Å². The van der Waals surface area contributed by atoms with E-state index >= 15 is 0 Å². The molecule has 0 aromatic heterocycles. The number of hydrogen-bond acceptors (Lipinski definition) is 2. The molecular formula is C8H17NO. The van der Waals surface area contributed by atoms with Crippen LogP contribution < -0.4 is 0 Å². The molecule has 0 radical (unpaired) electrons. The zero-order chi connectivity index (χ0) is 7.72. The average Bonchev–Trinajstić information content (AvgIpc) is 1.82. The van der Waals surface area contributed by atoms with E-state index in [2.05, 4.69) is 13.8 Å². The van der Waals surface area contributed by atoms with Gasteiger partial charge in [0.05, 0.1) is 0 Å². The Morgan fingerprint density at radius 1 is 1.30 bits per heavy atom. The molecule has 60 valence electrons. The maximum Gasteiger partial charge on any atom is 0.107 e. The fraction of sp³-hybridized carbons (Fsp3) is 1.00. The number of piperidine rings is 1. The van der Waals surface area contributed by atoms with Crippen LogP contribution in [0.25, 0.3) is 0 Å². The summed E-state index contributed by atoms with van der Waals surface area (Å²) >= 11 is 0. The third-order valence-corrected chi connectivity index (χ3v) is 2.52. The van der Waals surface area contributed by atoms with Crippen LogP contribution in [0.1, 0.15) is 26.7 Å². The van der Waals surface area contributed by atoms with E-state index in [1.165, 1.54) is 6.42 Å². The molecule has 1 aliphatic rings. The number of hydrogen-bond donors (Lipinski definition) is 1. The summed E-state index contributed by atoms with van der Waals surface area (Å²) < 4.78 is 0. The molecule has 1 saturated heterocycles. The third-order valence-electron chi connectivity index (χ3n) is 2.52. The minimum absolute atomic E-state index is 0.209. The van der Waals surface area contributed by atoms with Crippen molar-refractivity contribution >= 4 is 0 Å². The van der Waals surface area contributed by atoms with E-state index in [0.29, 0.717) is 12.0 Å². The molecule has 0 bridgehead atoms. The molecule has 1 N–H and O–H groups in total. The van der Waals surface area contributed by atoms with E-state index in [1.807, 2.05) is 11.9 Å². The molecule has 1 fully saturated rings. The number of nitrogens with zero attached hydrogens (tertiary/aromatic N) is 1. The van der Waals surface area contributed by atoms with Gasteiger partial charge in [0.2, 0.25) is 0 Å². The lowest BCUT2D eigenvalue weighted by molar-refractivity contribution is -0.0504. The summed E-state index contributed by atoms with van der Waals surface area (Å²) in [7, 11) is 1.99. The molecule has 2 nitrogen and oxygen atoms in total. The first-order chi connectivity index (χ1) is 4.61. The lowest BCUT2D eigenvalue weighted by atomic mass is 9.93. The van der Waals surface area contributed by atoms with E-state index in [1.54, 1.807) is 0 Å². The van der Waals surface area contributed by atoms with Crippen molar-refractivity contribution in [1.29, 1.82) is 0 Å². The topological polar surface area (TPSA) is 23.5 Å². The Balaban J connectivity index is 2.49. The fourth-order valence-electron chi connectivity index (χ4n) is 1.66. The molecule has 10 heavy (non-hydrogen) atoms. The quantitative estimate of drug-likeness (QED) is 0.548. The van der Waals surface area contributed by atoms with Crippen LogP contribution in [0.4, 0.5) is 0 Å². The fourth-order valence-corrected chi connectivity index (χ4v) is 1.66. The Morgan fingerprint density at radius 3 is 2.40 bits per heavy atom. The van der Waals surface area contributed by atoms with Gasteiger partial charge in [0.15, 0.2) is 0 Å². The molecule has 0 spiro atoms. The second-order valence-corrected chi connectivity index (χ2v) is 3.57. The molecule has 0 aromatic rings. The van der Waals surface area contributed by atoms with Gasteiger partial charge >= 0.3 is 0 Å². The van der Waals surface area contributed by atoms with Crippen LogP contribution in [0.15, 0.2) is 0 Å².